The largest absolute Gasteiger partial charge is 0.457 e. The van der Waals surface area contributed by atoms with Crippen molar-refractivity contribution in [2.45, 2.75) is 51.7 Å². The van der Waals surface area contributed by atoms with E-state index in [1.807, 2.05) is 0 Å². The van der Waals surface area contributed by atoms with E-state index in [0.717, 1.165) is 19.3 Å². The zero-order chi connectivity index (χ0) is 11.5. The lowest BCUT2D eigenvalue weighted by molar-refractivity contribution is -0.140. The second-order valence-electron chi connectivity index (χ2n) is 5.90. The van der Waals surface area contributed by atoms with Crippen molar-refractivity contribution in [3.63, 3.8) is 0 Å². The molecule has 1 saturated heterocycles. The Morgan fingerprint density at radius 3 is 2.94 bits per heavy atom. The van der Waals surface area contributed by atoms with Gasteiger partial charge in [0.15, 0.2) is 0 Å². The first-order valence-electron chi connectivity index (χ1n) is 6.12. The molecule has 0 unspecified atom stereocenters. The summed E-state index contributed by atoms with van der Waals surface area (Å²) in [6.45, 7) is 4.39. The summed E-state index contributed by atoms with van der Waals surface area (Å²) >= 11 is 0. The van der Waals surface area contributed by atoms with Crippen LogP contribution >= 0.6 is 0 Å². The Bertz CT molecular complexity index is 381. The maximum Gasteiger partial charge on any atom is 0.306 e. The highest BCUT2D eigenvalue weighted by Gasteiger charge is 2.53. The first-order chi connectivity index (χ1) is 7.50. The number of hydrogen-bond acceptors (Lipinski definition) is 3. The topological polar surface area (TPSA) is 46.5 Å². The zero-order valence-electron chi connectivity index (χ0n) is 9.82. The Kier molecular flexibility index (Phi) is 2.00. The third-order valence-electron chi connectivity index (χ3n) is 4.42. The molecule has 0 bridgehead atoms. The fraction of sp³-hybridized carbons (Fsp3) is 0.769. The van der Waals surface area contributed by atoms with Gasteiger partial charge in [-0.3, -0.25) is 4.79 Å². The third kappa shape index (κ3) is 1.21. The van der Waals surface area contributed by atoms with Gasteiger partial charge in [-0.1, -0.05) is 13.8 Å². The van der Waals surface area contributed by atoms with Gasteiger partial charge in [0.05, 0.1) is 12.5 Å². The van der Waals surface area contributed by atoms with Crippen molar-refractivity contribution in [1.29, 1.82) is 0 Å². The Hall–Kier alpha value is -0.830. The predicted octanol–water partition coefficient (Wildman–Crippen LogP) is 1.80. The smallest absolute Gasteiger partial charge is 0.306 e. The molecule has 2 aliphatic carbocycles. The molecule has 0 aromatic carbocycles. The molecule has 3 rings (SSSR count). The summed E-state index contributed by atoms with van der Waals surface area (Å²) in [6.07, 6.45) is 3.05. The molecule has 0 radical (unpaired) electrons. The molecule has 0 amide bonds. The number of esters is 1. The van der Waals surface area contributed by atoms with E-state index in [-0.39, 0.29) is 23.4 Å². The van der Waals surface area contributed by atoms with E-state index in [2.05, 4.69) is 13.8 Å². The first-order valence-corrected chi connectivity index (χ1v) is 6.12. The van der Waals surface area contributed by atoms with Crippen LogP contribution in [0.25, 0.3) is 0 Å². The lowest BCUT2D eigenvalue weighted by Crippen LogP contribution is -2.27. The molecule has 3 nitrogen and oxygen atoms in total. The van der Waals surface area contributed by atoms with Gasteiger partial charge in [0.25, 0.3) is 0 Å². The van der Waals surface area contributed by atoms with Gasteiger partial charge in [0.1, 0.15) is 6.10 Å². The average Bonchev–Trinajstić information content (AvgIpc) is 2.66. The lowest BCUT2D eigenvalue weighted by atomic mass is 9.72. The summed E-state index contributed by atoms with van der Waals surface area (Å²) in [6, 6.07) is 0. The number of hydrogen-bond donors (Lipinski definition) is 1. The van der Waals surface area contributed by atoms with Crippen molar-refractivity contribution in [2.75, 3.05) is 0 Å². The SMILES string of the molecule is CC1(C)CCCC2=C1[C@@H]1OC(=O)C[C@@H]1[C@@H]2O. The predicted molar refractivity (Wildman–Crippen MR) is 58.7 cm³/mol. The van der Waals surface area contributed by atoms with Gasteiger partial charge in [-0.25, -0.2) is 0 Å². The molecule has 1 N–H and O–H groups in total. The zero-order valence-corrected chi connectivity index (χ0v) is 9.82. The van der Waals surface area contributed by atoms with Gasteiger partial charge < -0.3 is 9.84 Å². The molecule has 0 aromatic heterocycles. The van der Waals surface area contributed by atoms with Crippen molar-refractivity contribution in [3.8, 4) is 0 Å². The van der Waals surface area contributed by atoms with Gasteiger partial charge in [-0.2, -0.15) is 0 Å². The highest BCUT2D eigenvalue weighted by molar-refractivity contribution is 5.74. The molecule has 0 saturated carbocycles. The summed E-state index contributed by atoms with van der Waals surface area (Å²) < 4.78 is 5.40. The van der Waals surface area contributed by atoms with E-state index in [0.29, 0.717) is 6.42 Å². The maximum absolute atomic E-state index is 11.3. The fourth-order valence-corrected chi connectivity index (χ4v) is 3.69. The van der Waals surface area contributed by atoms with Crippen LogP contribution in [0.5, 0.6) is 0 Å². The summed E-state index contributed by atoms with van der Waals surface area (Å²) in [7, 11) is 0. The van der Waals surface area contributed by atoms with Crippen LogP contribution in [0.4, 0.5) is 0 Å². The monoisotopic (exact) mass is 222 g/mol. The minimum absolute atomic E-state index is 0.00475. The van der Waals surface area contributed by atoms with Crippen LogP contribution in [0, 0.1) is 11.3 Å². The van der Waals surface area contributed by atoms with Gasteiger partial charge in [-0.15, -0.1) is 0 Å². The standard InChI is InChI=1S/C13H18O3/c1-13(2)5-3-4-7-10(13)12-8(11(7)15)6-9(14)16-12/h8,11-12,15H,3-6H2,1-2H3/t8-,11-,12-/m1/s1. The first kappa shape index (κ1) is 10.3. The van der Waals surface area contributed by atoms with Gasteiger partial charge >= 0.3 is 5.97 Å². The average molecular weight is 222 g/mol. The third-order valence-corrected chi connectivity index (χ3v) is 4.42. The van der Waals surface area contributed by atoms with Crippen LogP contribution < -0.4 is 0 Å². The van der Waals surface area contributed by atoms with E-state index in [1.165, 1.54) is 11.1 Å². The Labute approximate surface area is 95.5 Å². The Morgan fingerprint density at radius 2 is 2.19 bits per heavy atom. The van der Waals surface area contributed by atoms with Crippen LogP contribution in [0.1, 0.15) is 39.5 Å². The van der Waals surface area contributed by atoms with Crippen molar-refractivity contribution < 1.29 is 14.6 Å². The number of rotatable bonds is 0. The highest BCUT2D eigenvalue weighted by Crippen LogP contribution is 2.53. The summed E-state index contributed by atoms with van der Waals surface area (Å²) in [5.41, 5.74) is 2.47. The van der Waals surface area contributed by atoms with Crippen molar-refractivity contribution >= 4 is 5.97 Å². The Morgan fingerprint density at radius 1 is 1.44 bits per heavy atom. The number of ether oxygens (including phenoxy) is 1. The van der Waals surface area contributed by atoms with E-state index in [4.69, 9.17) is 4.74 Å². The molecule has 3 heteroatoms. The van der Waals surface area contributed by atoms with Gasteiger partial charge in [0, 0.05) is 5.92 Å². The minimum Gasteiger partial charge on any atom is -0.457 e. The molecule has 3 atom stereocenters. The molecule has 3 aliphatic rings. The van der Waals surface area contributed by atoms with Gasteiger partial charge in [0.2, 0.25) is 0 Å². The molecule has 0 spiro atoms. The normalized spacial score (nSPS) is 40.7. The molecule has 0 aromatic rings. The lowest BCUT2D eigenvalue weighted by Gasteiger charge is -2.34. The molecular weight excluding hydrogens is 204 g/mol. The highest BCUT2D eigenvalue weighted by atomic mass is 16.6. The van der Waals surface area contributed by atoms with E-state index < -0.39 is 6.10 Å². The van der Waals surface area contributed by atoms with Crippen LogP contribution in [-0.2, 0) is 9.53 Å². The van der Waals surface area contributed by atoms with Crippen molar-refractivity contribution in [2.24, 2.45) is 11.3 Å². The quantitative estimate of drug-likeness (QED) is 0.502. The van der Waals surface area contributed by atoms with E-state index >= 15 is 0 Å². The number of carbonyl (C=O) groups is 1. The minimum atomic E-state index is -0.439. The van der Waals surface area contributed by atoms with Crippen LogP contribution in [0.3, 0.4) is 0 Å². The van der Waals surface area contributed by atoms with Crippen LogP contribution in [-0.4, -0.2) is 23.3 Å². The molecule has 1 aliphatic heterocycles. The number of aliphatic hydroxyl groups is 1. The second-order valence-corrected chi connectivity index (χ2v) is 5.90. The van der Waals surface area contributed by atoms with E-state index in [1.54, 1.807) is 0 Å². The molecule has 1 fully saturated rings. The number of fused-ring (bicyclic) bond motifs is 2. The second kappa shape index (κ2) is 3.10. The Balaban J connectivity index is 2.05. The van der Waals surface area contributed by atoms with Crippen LogP contribution in [0.2, 0.25) is 0 Å². The summed E-state index contributed by atoms with van der Waals surface area (Å²) in [5, 5.41) is 10.3. The van der Waals surface area contributed by atoms with Gasteiger partial charge in [-0.05, 0) is 35.8 Å². The summed E-state index contributed by atoms with van der Waals surface area (Å²) in [5.74, 6) is -0.156. The molecular formula is C13H18O3. The van der Waals surface area contributed by atoms with Crippen molar-refractivity contribution in [3.05, 3.63) is 11.1 Å². The molecule has 88 valence electrons. The maximum atomic E-state index is 11.3. The number of aliphatic hydroxyl groups excluding tert-OH is 1. The summed E-state index contributed by atoms with van der Waals surface area (Å²) in [4.78, 5) is 11.3. The molecule has 16 heavy (non-hydrogen) atoms. The van der Waals surface area contributed by atoms with Crippen molar-refractivity contribution in [1.82, 2.24) is 0 Å². The van der Waals surface area contributed by atoms with E-state index in [9.17, 15) is 9.90 Å². The molecule has 1 heterocycles. The number of carbonyl (C=O) groups excluding carboxylic acids is 1. The fourth-order valence-electron chi connectivity index (χ4n) is 3.69. The van der Waals surface area contributed by atoms with Crippen LogP contribution in [0.15, 0.2) is 11.1 Å².